The molecule has 1 atom stereocenters. The predicted octanol–water partition coefficient (Wildman–Crippen LogP) is 2.88. The first-order chi connectivity index (χ1) is 10.4. The van der Waals surface area contributed by atoms with E-state index in [-0.39, 0.29) is 12.8 Å². The first kappa shape index (κ1) is 18.3. The lowest BCUT2D eigenvalue weighted by Crippen LogP contribution is -2.36. The maximum atomic E-state index is 12.0. The van der Waals surface area contributed by atoms with Gasteiger partial charge < -0.3 is 24.3 Å². The number of methoxy groups -OCH3 is 2. The molecule has 1 rings (SSSR count). The number of rotatable bonds is 7. The van der Waals surface area contributed by atoms with Crippen LogP contribution in [0.15, 0.2) is 24.3 Å². The molecule has 1 aromatic carbocycles. The van der Waals surface area contributed by atoms with Crippen molar-refractivity contribution in [1.29, 1.82) is 0 Å². The van der Waals surface area contributed by atoms with Crippen LogP contribution >= 0.6 is 0 Å². The highest BCUT2D eigenvalue weighted by Gasteiger charge is 2.22. The van der Waals surface area contributed by atoms with E-state index in [1.165, 1.54) is 0 Å². The zero-order valence-electron chi connectivity index (χ0n) is 13.8. The van der Waals surface area contributed by atoms with Gasteiger partial charge in [-0.2, -0.15) is 0 Å². The number of ether oxygens (including phenoxy) is 4. The normalized spacial score (nSPS) is 12.6. The Labute approximate surface area is 131 Å². The lowest BCUT2D eigenvalue weighted by Gasteiger charge is -2.24. The van der Waals surface area contributed by atoms with Crippen molar-refractivity contribution in [3.8, 4) is 5.75 Å². The van der Waals surface area contributed by atoms with Gasteiger partial charge in [0.1, 0.15) is 11.4 Å². The number of amides is 1. The summed E-state index contributed by atoms with van der Waals surface area (Å²) in [5.41, 5.74) is 0.237. The Balaban J connectivity index is 2.88. The second-order valence-corrected chi connectivity index (χ2v) is 5.74. The van der Waals surface area contributed by atoms with Crippen LogP contribution in [0.5, 0.6) is 5.75 Å². The quantitative estimate of drug-likeness (QED) is 0.784. The first-order valence-electron chi connectivity index (χ1n) is 7.06. The topological polar surface area (TPSA) is 66.0 Å². The van der Waals surface area contributed by atoms with Crippen LogP contribution in [0.25, 0.3) is 0 Å². The molecule has 6 heteroatoms. The minimum absolute atomic E-state index is 0.128. The van der Waals surface area contributed by atoms with E-state index in [2.05, 4.69) is 5.32 Å². The number of para-hydroxylation sites is 1. The summed E-state index contributed by atoms with van der Waals surface area (Å²) in [6, 6.07) is 7.02. The van der Waals surface area contributed by atoms with Crippen LogP contribution in [0.4, 0.5) is 4.79 Å². The van der Waals surface area contributed by atoms with Crippen LogP contribution < -0.4 is 10.1 Å². The van der Waals surface area contributed by atoms with E-state index in [1.807, 2.05) is 45.0 Å². The summed E-state index contributed by atoms with van der Waals surface area (Å²) in [5.74, 6) is 0.627. The predicted molar refractivity (Wildman–Crippen MR) is 82.9 cm³/mol. The van der Waals surface area contributed by atoms with Gasteiger partial charge in [-0.05, 0) is 26.8 Å². The van der Waals surface area contributed by atoms with Gasteiger partial charge in [0.2, 0.25) is 0 Å². The van der Waals surface area contributed by atoms with Gasteiger partial charge in [0, 0.05) is 19.8 Å². The van der Waals surface area contributed by atoms with Crippen LogP contribution in [0.2, 0.25) is 0 Å². The number of nitrogens with one attached hydrogen (secondary N) is 1. The third-order valence-corrected chi connectivity index (χ3v) is 2.65. The second-order valence-electron chi connectivity index (χ2n) is 5.74. The fourth-order valence-corrected chi connectivity index (χ4v) is 1.85. The number of carbonyl (C=O) groups excluding carboxylic acids is 1. The highest BCUT2D eigenvalue weighted by molar-refractivity contribution is 5.68. The number of hydrogen-bond acceptors (Lipinski definition) is 5. The molecule has 0 saturated carbocycles. The average Bonchev–Trinajstić information content (AvgIpc) is 2.43. The van der Waals surface area contributed by atoms with Crippen LogP contribution in [-0.2, 0) is 14.2 Å². The molecule has 0 aliphatic carbocycles. The van der Waals surface area contributed by atoms with E-state index in [4.69, 9.17) is 18.9 Å². The molecule has 0 bridgehead atoms. The summed E-state index contributed by atoms with van der Waals surface area (Å²) in [5, 5.41) is 2.80. The van der Waals surface area contributed by atoms with Crippen molar-refractivity contribution in [2.75, 3.05) is 27.6 Å². The number of alkyl carbamates (subject to hydrolysis) is 1. The van der Waals surface area contributed by atoms with Crippen molar-refractivity contribution in [3.63, 3.8) is 0 Å². The Morgan fingerprint density at radius 3 is 2.45 bits per heavy atom. The molecule has 6 nitrogen and oxygen atoms in total. The second kappa shape index (κ2) is 8.60. The molecule has 0 aromatic heterocycles. The minimum atomic E-state index is -0.562. The average molecular weight is 311 g/mol. The van der Waals surface area contributed by atoms with Crippen molar-refractivity contribution < 1.29 is 23.7 Å². The number of carbonyl (C=O) groups is 1. The summed E-state index contributed by atoms with van der Waals surface area (Å²) in [4.78, 5) is 12.0. The Bertz CT molecular complexity index is 470. The maximum Gasteiger partial charge on any atom is 0.408 e. The molecule has 0 saturated heterocycles. The molecule has 0 fully saturated rings. The summed E-state index contributed by atoms with van der Waals surface area (Å²) in [6.45, 7) is 5.87. The molecule has 1 aromatic rings. The number of benzene rings is 1. The van der Waals surface area contributed by atoms with Crippen LogP contribution in [0.3, 0.4) is 0 Å². The molecule has 124 valence electrons. The van der Waals surface area contributed by atoms with Crippen molar-refractivity contribution in [2.24, 2.45) is 0 Å². The molecule has 1 N–H and O–H groups in total. The standard InChI is InChI=1S/C16H25NO5/c1-16(2,3)22-15(18)17-13(10-19-4)12-8-6-7-9-14(12)21-11-20-5/h6-9,13H,10-11H2,1-5H3,(H,17,18). The Kier molecular flexibility index (Phi) is 7.14. The molecule has 1 unspecified atom stereocenters. The van der Waals surface area contributed by atoms with Gasteiger partial charge in [0.25, 0.3) is 0 Å². The molecule has 0 aliphatic heterocycles. The third-order valence-electron chi connectivity index (χ3n) is 2.65. The molecule has 0 spiro atoms. The Morgan fingerprint density at radius 2 is 1.86 bits per heavy atom. The zero-order valence-corrected chi connectivity index (χ0v) is 13.8. The van der Waals surface area contributed by atoms with Gasteiger partial charge in [-0.3, -0.25) is 0 Å². The van der Waals surface area contributed by atoms with Crippen LogP contribution in [0.1, 0.15) is 32.4 Å². The SMILES string of the molecule is COCOc1ccccc1C(COC)NC(=O)OC(C)(C)C. The summed E-state index contributed by atoms with van der Waals surface area (Å²) in [6.07, 6.45) is -0.504. The Morgan fingerprint density at radius 1 is 1.18 bits per heavy atom. The van der Waals surface area contributed by atoms with Gasteiger partial charge in [0.15, 0.2) is 6.79 Å². The van der Waals surface area contributed by atoms with Gasteiger partial charge in [-0.1, -0.05) is 18.2 Å². The van der Waals surface area contributed by atoms with Gasteiger partial charge in [0.05, 0.1) is 12.6 Å². The van der Waals surface area contributed by atoms with Crippen molar-refractivity contribution in [1.82, 2.24) is 5.32 Å². The fourth-order valence-electron chi connectivity index (χ4n) is 1.85. The van der Waals surface area contributed by atoms with E-state index in [0.717, 1.165) is 5.56 Å². The summed E-state index contributed by atoms with van der Waals surface area (Å²) in [7, 11) is 3.12. The summed E-state index contributed by atoms with van der Waals surface area (Å²) >= 11 is 0. The molecule has 0 aliphatic rings. The van der Waals surface area contributed by atoms with Gasteiger partial charge in [-0.15, -0.1) is 0 Å². The third kappa shape index (κ3) is 6.32. The highest BCUT2D eigenvalue weighted by atomic mass is 16.7. The molecular weight excluding hydrogens is 286 g/mol. The van der Waals surface area contributed by atoms with E-state index in [0.29, 0.717) is 12.4 Å². The fraction of sp³-hybridized carbons (Fsp3) is 0.562. The summed E-state index contributed by atoms with van der Waals surface area (Å²) < 4.78 is 20.9. The zero-order chi connectivity index (χ0) is 16.6. The monoisotopic (exact) mass is 311 g/mol. The van der Waals surface area contributed by atoms with Crippen molar-refractivity contribution in [2.45, 2.75) is 32.4 Å². The van der Waals surface area contributed by atoms with Crippen LogP contribution in [-0.4, -0.2) is 39.3 Å². The van der Waals surface area contributed by atoms with E-state index < -0.39 is 11.7 Å². The van der Waals surface area contributed by atoms with E-state index >= 15 is 0 Å². The molecular formula is C16H25NO5. The molecule has 22 heavy (non-hydrogen) atoms. The lowest BCUT2D eigenvalue weighted by molar-refractivity contribution is 0.0439. The molecule has 0 heterocycles. The van der Waals surface area contributed by atoms with E-state index in [9.17, 15) is 4.79 Å². The van der Waals surface area contributed by atoms with Gasteiger partial charge in [-0.25, -0.2) is 4.79 Å². The number of hydrogen-bond donors (Lipinski definition) is 1. The molecule has 1 amide bonds. The minimum Gasteiger partial charge on any atom is -0.467 e. The lowest BCUT2D eigenvalue weighted by atomic mass is 10.1. The van der Waals surface area contributed by atoms with Crippen molar-refractivity contribution >= 4 is 6.09 Å². The highest BCUT2D eigenvalue weighted by Crippen LogP contribution is 2.25. The molecule has 0 radical (unpaired) electrons. The van der Waals surface area contributed by atoms with Gasteiger partial charge >= 0.3 is 6.09 Å². The smallest absolute Gasteiger partial charge is 0.408 e. The van der Waals surface area contributed by atoms with Crippen LogP contribution in [0, 0.1) is 0 Å². The largest absolute Gasteiger partial charge is 0.467 e. The maximum absolute atomic E-state index is 12.0. The first-order valence-corrected chi connectivity index (χ1v) is 7.06. The Hall–Kier alpha value is -1.79. The van der Waals surface area contributed by atoms with Crippen molar-refractivity contribution in [3.05, 3.63) is 29.8 Å². The van der Waals surface area contributed by atoms with E-state index in [1.54, 1.807) is 14.2 Å².